The Morgan fingerprint density at radius 3 is 2.52 bits per heavy atom. The molecule has 2 rings (SSSR count). The lowest BCUT2D eigenvalue weighted by molar-refractivity contribution is -0.147. The van der Waals surface area contributed by atoms with Gasteiger partial charge in [0.05, 0.1) is 19.3 Å². The van der Waals surface area contributed by atoms with E-state index in [0.29, 0.717) is 37.4 Å². The molecule has 0 aliphatic carbocycles. The molecule has 0 aromatic heterocycles. The first-order chi connectivity index (χ1) is 9.87. The highest BCUT2D eigenvalue weighted by atomic mass is 19.4. The number of methoxy groups -OCH3 is 1. The molecule has 0 spiro atoms. The van der Waals surface area contributed by atoms with Gasteiger partial charge in [0.15, 0.2) is 0 Å². The van der Waals surface area contributed by atoms with Crippen LogP contribution in [0.3, 0.4) is 0 Å². The average molecular weight is 306 g/mol. The topological polar surface area (TPSA) is 24.5 Å². The molecule has 1 saturated heterocycles. The number of alkyl halides is 3. The Kier molecular flexibility index (Phi) is 4.92. The molecule has 0 radical (unpaired) electrons. The summed E-state index contributed by atoms with van der Waals surface area (Å²) in [7, 11) is 1.45. The Hall–Kier alpha value is -1.50. The summed E-state index contributed by atoms with van der Waals surface area (Å²) < 4.78 is 55.1. The second-order valence-electron chi connectivity index (χ2n) is 5.15. The fraction of sp³-hybridized carbons (Fsp3) is 0.571. The van der Waals surface area contributed by atoms with Crippen LogP contribution in [0, 0.1) is 5.82 Å². The molecule has 1 N–H and O–H groups in total. The summed E-state index contributed by atoms with van der Waals surface area (Å²) in [6, 6.07) is 4.25. The first-order valence-electron chi connectivity index (χ1n) is 6.76. The van der Waals surface area contributed by atoms with Crippen LogP contribution in [0.1, 0.15) is 12.8 Å². The van der Waals surface area contributed by atoms with Crippen LogP contribution in [0.15, 0.2) is 18.2 Å². The first kappa shape index (κ1) is 15.9. The largest absolute Gasteiger partial charge is 0.494 e. The van der Waals surface area contributed by atoms with Gasteiger partial charge in [0.25, 0.3) is 0 Å². The van der Waals surface area contributed by atoms with E-state index in [1.54, 1.807) is 6.07 Å². The zero-order valence-electron chi connectivity index (χ0n) is 11.7. The number of hydrogen-bond acceptors (Lipinski definition) is 3. The van der Waals surface area contributed by atoms with Gasteiger partial charge in [-0.1, -0.05) is 0 Å². The highest BCUT2D eigenvalue weighted by Crippen LogP contribution is 2.28. The third-order valence-corrected chi connectivity index (χ3v) is 3.51. The van der Waals surface area contributed by atoms with E-state index in [0.717, 1.165) is 0 Å². The van der Waals surface area contributed by atoms with Crippen molar-refractivity contribution in [2.45, 2.75) is 25.1 Å². The molecule has 3 nitrogen and oxygen atoms in total. The number of anilines is 1. The minimum absolute atomic E-state index is 0.0637. The number of halogens is 4. The minimum Gasteiger partial charge on any atom is -0.494 e. The molecule has 0 atom stereocenters. The average Bonchev–Trinajstić information content (AvgIpc) is 2.41. The second kappa shape index (κ2) is 6.51. The molecule has 0 saturated carbocycles. The van der Waals surface area contributed by atoms with Crippen molar-refractivity contribution in [3.8, 4) is 5.75 Å². The highest BCUT2D eigenvalue weighted by Gasteiger charge is 2.32. The van der Waals surface area contributed by atoms with Gasteiger partial charge < -0.3 is 10.1 Å². The minimum atomic E-state index is -4.15. The molecule has 0 bridgehead atoms. The molecule has 1 heterocycles. The number of ether oxygens (including phenoxy) is 1. The Labute approximate surface area is 120 Å². The van der Waals surface area contributed by atoms with Crippen molar-refractivity contribution < 1.29 is 22.3 Å². The smallest absolute Gasteiger partial charge is 0.401 e. The van der Waals surface area contributed by atoms with Crippen molar-refractivity contribution in [1.82, 2.24) is 4.90 Å². The maximum Gasteiger partial charge on any atom is 0.401 e. The second-order valence-corrected chi connectivity index (χ2v) is 5.15. The Balaban J connectivity index is 1.89. The van der Waals surface area contributed by atoms with Crippen LogP contribution in [0.4, 0.5) is 23.2 Å². The monoisotopic (exact) mass is 306 g/mol. The van der Waals surface area contributed by atoms with E-state index in [9.17, 15) is 17.6 Å². The van der Waals surface area contributed by atoms with E-state index in [1.165, 1.54) is 24.1 Å². The van der Waals surface area contributed by atoms with Crippen LogP contribution in [0.5, 0.6) is 5.75 Å². The van der Waals surface area contributed by atoms with Crippen LogP contribution in [-0.2, 0) is 0 Å². The van der Waals surface area contributed by atoms with E-state index in [2.05, 4.69) is 5.32 Å². The first-order valence-corrected chi connectivity index (χ1v) is 6.76. The van der Waals surface area contributed by atoms with Gasteiger partial charge in [0.2, 0.25) is 0 Å². The summed E-state index contributed by atoms with van der Waals surface area (Å²) in [4.78, 5) is 1.40. The van der Waals surface area contributed by atoms with Gasteiger partial charge >= 0.3 is 6.18 Å². The summed E-state index contributed by atoms with van der Waals surface area (Å²) in [5.41, 5.74) is 0.660. The molecular weight excluding hydrogens is 288 g/mol. The predicted molar refractivity (Wildman–Crippen MR) is 72.1 cm³/mol. The van der Waals surface area contributed by atoms with Crippen LogP contribution >= 0.6 is 0 Å². The van der Waals surface area contributed by atoms with Crippen molar-refractivity contribution in [3.05, 3.63) is 24.0 Å². The van der Waals surface area contributed by atoms with Crippen molar-refractivity contribution in [3.63, 3.8) is 0 Å². The Bertz CT molecular complexity index is 471. The normalized spacial score (nSPS) is 17.8. The van der Waals surface area contributed by atoms with Gasteiger partial charge in [-0.25, -0.2) is 4.39 Å². The van der Waals surface area contributed by atoms with Crippen LogP contribution in [-0.4, -0.2) is 43.9 Å². The number of piperidine rings is 1. The molecular formula is C14H18F4N2O. The van der Waals surface area contributed by atoms with Gasteiger partial charge in [-0.2, -0.15) is 13.2 Å². The van der Waals surface area contributed by atoms with Crippen molar-refractivity contribution in [1.29, 1.82) is 0 Å². The third-order valence-electron chi connectivity index (χ3n) is 3.51. The molecule has 0 amide bonds. The molecule has 1 aromatic rings. The zero-order chi connectivity index (χ0) is 15.5. The van der Waals surface area contributed by atoms with E-state index in [-0.39, 0.29) is 6.04 Å². The van der Waals surface area contributed by atoms with Gasteiger partial charge in [-0.15, -0.1) is 0 Å². The van der Waals surface area contributed by atoms with Crippen LogP contribution < -0.4 is 10.1 Å². The van der Waals surface area contributed by atoms with E-state index < -0.39 is 18.5 Å². The van der Waals surface area contributed by atoms with Gasteiger partial charge in [-0.3, -0.25) is 4.90 Å². The Morgan fingerprint density at radius 2 is 1.95 bits per heavy atom. The quantitative estimate of drug-likeness (QED) is 0.864. The summed E-state index contributed by atoms with van der Waals surface area (Å²) in [5.74, 6) is 0.00474. The van der Waals surface area contributed by atoms with E-state index in [1.807, 2.05) is 0 Å². The maximum atomic E-state index is 13.1. The zero-order valence-corrected chi connectivity index (χ0v) is 11.7. The van der Waals surface area contributed by atoms with Gasteiger partial charge in [-0.05, 0) is 25.0 Å². The molecule has 1 aliphatic heterocycles. The fourth-order valence-electron chi connectivity index (χ4n) is 2.49. The number of rotatable bonds is 4. The fourth-order valence-corrected chi connectivity index (χ4v) is 2.49. The van der Waals surface area contributed by atoms with Gasteiger partial charge in [0.1, 0.15) is 11.6 Å². The lowest BCUT2D eigenvalue weighted by Gasteiger charge is -2.33. The van der Waals surface area contributed by atoms with Crippen LogP contribution in [0.2, 0.25) is 0 Å². The lowest BCUT2D eigenvalue weighted by Crippen LogP contribution is -2.43. The number of nitrogens with one attached hydrogen (secondary N) is 1. The summed E-state index contributed by atoms with van der Waals surface area (Å²) in [5, 5.41) is 3.21. The molecule has 1 fully saturated rings. The lowest BCUT2D eigenvalue weighted by atomic mass is 10.0. The molecule has 0 unspecified atom stereocenters. The third kappa shape index (κ3) is 4.77. The molecule has 1 aliphatic rings. The molecule has 7 heteroatoms. The van der Waals surface area contributed by atoms with E-state index in [4.69, 9.17) is 4.74 Å². The van der Waals surface area contributed by atoms with Crippen molar-refractivity contribution in [2.75, 3.05) is 32.1 Å². The summed E-state index contributed by atoms with van der Waals surface area (Å²) >= 11 is 0. The van der Waals surface area contributed by atoms with Crippen molar-refractivity contribution in [2.24, 2.45) is 0 Å². The SMILES string of the molecule is COc1cc(F)ccc1NC1CCN(CC(F)(F)F)CC1. The van der Waals surface area contributed by atoms with E-state index >= 15 is 0 Å². The summed E-state index contributed by atoms with van der Waals surface area (Å²) in [6.45, 7) is -0.0824. The number of nitrogens with zero attached hydrogens (tertiary/aromatic N) is 1. The molecule has 1 aromatic carbocycles. The Morgan fingerprint density at radius 1 is 1.29 bits per heavy atom. The molecule has 118 valence electrons. The van der Waals surface area contributed by atoms with Crippen LogP contribution in [0.25, 0.3) is 0 Å². The summed E-state index contributed by atoms with van der Waals surface area (Å²) in [6.07, 6.45) is -2.94. The number of benzene rings is 1. The van der Waals surface area contributed by atoms with Gasteiger partial charge in [0, 0.05) is 25.2 Å². The predicted octanol–water partition coefficient (Wildman–Crippen LogP) is 3.27. The maximum absolute atomic E-state index is 13.1. The highest BCUT2D eigenvalue weighted by molar-refractivity contribution is 5.57. The van der Waals surface area contributed by atoms with Crippen molar-refractivity contribution >= 4 is 5.69 Å². The standard InChI is InChI=1S/C14H18F4N2O/c1-21-13-8-10(15)2-3-12(13)19-11-4-6-20(7-5-11)9-14(16,17)18/h2-3,8,11,19H,4-7,9H2,1H3. The molecule has 21 heavy (non-hydrogen) atoms. The number of hydrogen-bond donors (Lipinski definition) is 1. The number of likely N-dealkylation sites (tertiary alicyclic amines) is 1.